The second-order valence-electron chi connectivity index (χ2n) is 7.65. The van der Waals surface area contributed by atoms with Crippen molar-refractivity contribution in [1.82, 2.24) is 5.32 Å². The fourth-order valence-corrected chi connectivity index (χ4v) is 5.30. The van der Waals surface area contributed by atoms with Gasteiger partial charge in [0.05, 0.1) is 0 Å². The Morgan fingerprint density at radius 3 is 1.88 bits per heavy atom. The molecule has 0 saturated heterocycles. The van der Waals surface area contributed by atoms with Crippen molar-refractivity contribution < 1.29 is 0 Å². The highest BCUT2D eigenvalue weighted by atomic mass is 15.0. The van der Waals surface area contributed by atoms with Crippen LogP contribution in [-0.4, -0.2) is 12.1 Å². The van der Waals surface area contributed by atoms with E-state index < -0.39 is 0 Å². The Kier molecular flexibility index (Phi) is 3.23. The van der Waals surface area contributed by atoms with Gasteiger partial charge >= 0.3 is 0 Å². The average molecular weight is 235 g/mol. The number of nitrogens with one attached hydrogen (secondary N) is 1. The Balaban J connectivity index is 1.60. The van der Waals surface area contributed by atoms with Gasteiger partial charge in [0.15, 0.2) is 0 Å². The molecule has 4 fully saturated rings. The van der Waals surface area contributed by atoms with Crippen LogP contribution in [0.4, 0.5) is 0 Å². The van der Waals surface area contributed by atoms with Crippen molar-refractivity contribution in [3.05, 3.63) is 0 Å². The molecule has 1 N–H and O–H groups in total. The van der Waals surface area contributed by atoms with Crippen LogP contribution in [0.2, 0.25) is 0 Å². The molecule has 0 aromatic carbocycles. The summed E-state index contributed by atoms with van der Waals surface area (Å²) in [4.78, 5) is 0. The van der Waals surface area contributed by atoms with Gasteiger partial charge in [0.2, 0.25) is 0 Å². The molecule has 17 heavy (non-hydrogen) atoms. The summed E-state index contributed by atoms with van der Waals surface area (Å²) in [6.07, 6.45) is 9.07. The van der Waals surface area contributed by atoms with Crippen LogP contribution in [0, 0.1) is 29.6 Å². The summed E-state index contributed by atoms with van der Waals surface area (Å²) in [5.41, 5.74) is 0. The molecule has 1 heteroatoms. The molecule has 0 aromatic heterocycles. The molecule has 4 rings (SSSR count). The Hall–Kier alpha value is -0.0400. The molecule has 0 aliphatic heterocycles. The molecule has 0 radical (unpaired) electrons. The second-order valence-corrected chi connectivity index (χ2v) is 7.65. The fourth-order valence-electron chi connectivity index (χ4n) is 5.30. The van der Waals surface area contributed by atoms with Crippen LogP contribution in [0.25, 0.3) is 0 Å². The van der Waals surface area contributed by atoms with E-state index >= 15 is 0 Å². The van der Waals surface area contributed by atoms with E-state index in [1.807, 2.05) is 0 Å². The van der Waals surface area contributed by atoms with E-state index in [-0.39, 0.29) is 0 Å². The molecule has 1 atom stereocenters. The Morgan fingerprint density at radius 1 is 0.882 bits per heavy atom. The predicted octanol–water partition coefficient (Wildman–Crippen LogP) is 3.84. The van der Waals surface area contributed by atoms with Gasteiger partial charge in [-0.25, -0.2) is 0 Å². The zero-order valence-electron chi connectivity index (χ0n) is 11.8. The minimum absolute atomic E-state index is 0.720. The molecule has 4 saturated carbocycles. The van der Waals surface area contributed by atoms with Gasteiger partial charge in [0, 0.05) is 12.1 Å². The van der Waals surface area contributed by atoms with Crippen molar-refractivity contribution in [1.29, 1.82) is 0 Å². The average Bonchev–Trinajstić information content (AvgIpc) is 2.21. The highest BCUT2D eigenvalue weighted by molar-refractivity contribution is 5.01. The number of rotatable bonds is 4. The molecule has 1 nitrogen and oxygen atoms in total. The van der Waals surface area contributed by atoms with E-state index in [2.05, 4.69) is 26.1 Å². The Labute approximate surface area is 107 Å². The topological polar surface area (TPSA) is 12.0 Å². The largest absolute Gasteiger partial charge is 0.311 e. The minimum atomic E-state index is 0.720. The van der Waals surface area contributed by atoms with Crippen LogP contribution < -0.4 is 5.32 Å². The number of hydrogen-bond donors (Lipinski definition) is 1. The van der Waals surface area contributed by atoms with Crippen LogP contribution in [0.5, 0.6) is 0 Å². The first-order valence-corrected chi connectivity index (χ1v) is 7.88. The van der Waals surface area contributed by atoms with Crippen LogP contribution in [0.15, 0.2) is 0 Å². The lowest BCUT2D eigenvalue weighted by molar-refractivity contribution is -0.0177. The molecule has 1 unspecified atom stereocenters. The summed E-state index contributed by atoms with van der Waals surface area (Å²) in [5, 5.41) is 3.99. The summed E-state index contributed by atoms with van der Waals surface area (Å²) in [5.74, 6) is 5.10. The van der Waals surface area contributed by atoms with E-state index in [1.54, 1.807) is 32.1 Å². The van der Waals surface area contributed by atoms with E-state index in [0.717, 1.165) is 41.7 Å². The predicted molar refractivity (Wildman–Crippen MR) is 72.9 cm³/mol. The van der Waals surface area contributed by atoms with Gasteiger partial charge in [-0.2, -0.15) is 0 Å². The standard InChI is InChI=1S/C16H29N/c1-10(2)4-11(3)17-16-14-6-12-5-13(8-14)9-15(16)7-12/h10-17H,4-9H2,1-3H3. The van der Waals surface area contributed by atoms with Crippen LogP contribution in [-0.2, 0) is 0 Å². The minimum Gasteiger partial charge on any atom is -0.311 e. The third kappa shape index (κ3) is 2.41. The first kappa shape index (κ1) is 12.0. The maximum Gasteiger partial charge on any atom is 0.0126 e. The Bertz CT molecular complexity index is 243. The molecule has 4 aliphatic rings. The van der Waals surface area contributed by atoms with Crippen molar-refractivity contribution in [2.45, 2.75) is 71.4 Å². The van der Waals surface area contributed by atoms with E-state index in [4.69, 9.17) is 0 Å². The quantitative estimate of drug-likeness (QED) is 0.781. The molecule has 4 bridgehead atoms. The van der Waals surface area contributed by atoms with Crippen molar-refractivity contribution in [2.24, 2.45) is 29.6 Å². The summed E-state index contributed by atoms with van der Waals surface area (Å²) >= 11 is 0. The van der Waals surface area contributed by atoms with Crippen molar-refractivity contribution in [2.75, 3.05) is 0 Å². The molecule has 0 spiro atoms. The van der Waals surface area contributed by atoms with Crippen LogP contribution in [0.1, 0.15) is 59.3 Å². The lowest BCUT2D eigenvalue weighted by Gasteiger charge is -2.55. The summed E-state index contributed by atoms with van der Waals surface area (Å²) in [7, 11) is 0. The summed E-state index contributed by atoms with van der Waals surface area (Å²) in [6, 6.07) is 1.59. The Morgan fingerprint density at radius 2 is 1.41 bits per heavy atom. The van der Waals surface area contributed by atoms with Gasteiger partial charge in [0.25, 0.3) is 0 Å². The highest BCUT2D eigenvalue weighted by Gasteiger charge is 2.48. The molecule has 4 aliphatic carbocycles. The van der Waals surface area contributed by atoms with E-state index in [9.17, 15) is 0 Å². The third-order valence-corrected chi connectivity index (χ3v) is 5.53. The van der Waals surface area contributed by atoms with Crippen LogP contribution in [0.3, 0.4) is 0 Å². The highest BCUT2D eigenvalue weighted by Crippen LogP contribution is 2.53. The van der Waals surface area contributed by atoms with E-state index in [1.165, 1.54) is 6.42 Å². The normalized spacial score (nSPS) is 45.5. The van der Waals surface area contributed by atoms with Crippen molar-refractivity contribution >= 4 is 0 Å². The van der Waals surface area contributed by atoms with Gasteiger partial charge in [-0.05, 0) is 75.0 Å². The fraction of sp³-hybridized carbons (Fsp3) is 1.00. The first-order valence-electron chi connectivity index (χ1n) is 7.88. The lowest BCUT2D eigenvalue weighted by atomic mass is 9.54. The maximum absolute atomic E-state index is 3.99. The first-order chi connectivity index (χ1) is 8.11. The molecular weight excluding hydrogens is 206 g/mol. The summed E-state index contributed by atoms with van der Waals surface area (Å²) in [6.45, 7) is 7.08. The smallest absolute Gasteiger partial charge is 0.0126 e. The third-order valence-electron chi connectivity index (χ3n) is 5.53. The van der Waals surface area contributed by atoms with Crippen molar-refractivity contribution in [3.8, 4) is 0 Å². The van der Waals surface area contributed by atoms with Gasteiger partial charge in [-0.1, -0.05) is 13.8 Å². The monoisotopic (exact) mass is 235 g/mol. The van der Waals surface area contributed by atoms with Gasteiger partial charge in [-0.15, -0.1) is 0 Å². The lowest BCUT2D eigenvalue weighted by Crippen LogP contribution is -2.56. The SMILES string of the molecule is CC(C)CC(C)NC1C2CC3CC(C2)CC1C3. The number of hydrogen-bond acceptors (Lipinski definition) is 1. The second kappa shape index (κ2) is 4.57. The van der Waals surface area contributed by atoms with Gasteiger partial charge < -0.3 is 5.32 Å². The molecule has 98 valence electrons. The van der Waals surface area contributed by atoms with E-state index in [0.29, 0.717) is 0 Å². The molecule has 0 amide bonds. The molecule has 0 heterocycles. The van der Waals surface area contributed by atoms with Gasteiger partial charge in [0.1, 0.15) is 0 Å². The maximum atomic E-state index is 3.99. The van der Waals surface area contributed by atoms with Crippen LogP contribution >= 0.6 is 0 Å². The summed E-state index contributed by atoms with van der Waals surface area (Å²) < 4.78 is 0. The molecule has 0 aromatic rings. The zero-order valence-corrected chi connectivity index (χ0v) is 11.8. The zero-order chi connectivity index (χ0) is 12.0. The van der Waals surface area contributed by atoms with Gasteiger partial charge in [-0.3, -0.25) is 0 Å². The molecular formula is C16H29N. The van der Waals surface area contributed by atoms with Crippen molar-refractivity contribution in [3.63, 3.8) is 0 Å².